The summed E-state index contributed by atoms with van der Waals surface area (Å²) in [6.07, 6.45) is 7.23. The highest BCUT2D eigenvalue weighted by molar-refractivity contribution is 5.64. The third kappa shape index (κ3) is 2.61. The summed E-state index contributed by atoms with van der Waals surface area (Å²) in [4.78, 5) is 8.84. The van der Waals surface area contributed by atoms with Gasteiger partial charge in [-0.3, -0.25) is 4.98 Å². The van der Waals surface area contributed by atoms with Crippen LogP contribution in [-0.2, 0) is 0 Å². The van der Waals surface area contributed by atoms with Gasteiger partial charge in [-0.2, -0.15) is 0 Å². The normalized spacial score (nSPS) is 15.7. The van der Waals surface area contributed by atoms with Crippen LogP contribution in [0.1, 0.15) is 12.0 Å². The summed E-state index contributed by atoms with van der Waals surface area (Å²) in [6.45, 7) is 3.32. The van der Waals surface area contributed by atoms with Gasteiger partial charge < -0.3 is 9.80 Å². The van der Waals surface area contributed by atoms with Crippen LogP contribution in [0.15, 0.2) is 30.6 Å². The Labute approximate surface area is 97.4 Å². The van der Waals surface area contributed by atoms with E-state index in [2.05, 4.69) is 41.0 Å². The summed E-state index contributed by atoms with van der Waals surface area (Å²) < 4.78 is 0. The number of likely N-dealkylation sites (N-methyl/N-ethyl adjacent to an activating group) is 1. The Morgan fingerprint density at radius 1 is 1.44 bits per heavy atom. The van der Waals surface area contributed by atoms with E-state index in [1.165, 1.54) is 11.3 Å². The van der Waals surface area contributed by atoms with Crippen LogP contribution in [0.2, 0.25) is 0 Å². The maximum atomic E-state index is 4.18. The molecule has 3 nitrogen and oxygen atoms in total. The number of nitrogens with zero attached hydrogens (tertiary/aromatic N) is 3. The molecule has 86 valence electrons. The van der Waals surface area contributed by atoms with Crippen molar-refractivity contribution in [3.63, 3.8) is 0 Å². The molecule has 1 aliphatic rings. The molecule has 0 spiro atoms. The van der Waals surface area contributed by atoms with Gasteiger partial charge in [0.15, 0.2) is 0 Å². The number of aromatic nitrogens is 1. The Morgan fingerprint density at radius 2 is 2.31 bits per heavy atom. The number of hydrogen-bond donors (Lipinski definition) is 0. The lowest BCUT2D eigenvalue weighted by Gasteiger charge is -2.24. The molecule has 0 saturated carbocycles. The van der Waals surface area contributed by atoms with Crippen LogP contribution in [0, 0.1) is 0 Å². The number of pyridine rings is 1. The fraction of sp³-hybridized carbons (Fsp3) is 0.462. The average molecular weight is 217 g/mol. The summed E-state index contributed by atoms with van der Waals surface area (Å²) in [5.74, 6) is 0. The standard InChI is InChI=1S/C13H19N3/c1-15(2)9-10-16-8-4-6-13(16)12-5-3-7-14-11-12/h3,5-7,11H,4,8-10H2,1-2H3. The van der Waals surface area contributed by atoms with Crippen molar-refractivity contribution in [1.82, 2.24) is 14.8 Å². The van der Waals surface area contributed by atoms with Crippen molar-refractivity contribution in [2.75, 3.05) is 33.7 Å². The molecule has 0 fully saturated rings. The minimum absolute atomic E-state index is 1.09. The first-order valence-corrected chi connectivity index (χ1v) is 5.77. The van der Waals surface area contributed by atoms with Gasteiger partial charge in [-0.15, -0.1) is 0 Å². The van der Waals surface area contributed by atoms with Crippen LogP contribution in [0.25, 0.3) is 5.70 Å². The zero-order chi connectivity index (χ0) is 11.4. The van der Waals surface area contributed by atoms with Crippen LogP contribution >= 0.6 is 0 Å². The second-order valence-corrected chi connectivity index (χ2v) is 4.41. The van der Waals surface area contributed by atoms with Gasteiger partial charge in [0.25, 0.3) is 0 Å². The third-order valence-corrected chi connectivity index (χ3v) is 2.85. The highest BCUT2D eigenvalue weighted by atomic mass is 15.2. The summed E-state index contributed by atoms with van der Waals surface area (Å²) in [6, 6.07) is 4.13. The summed E-state index contributed by atoms with van der Waals surface area (Å²) >= 11 is 0. The molecule has 0 unspecified atom stereocenters. The van der Waals surface area contributed by atoms with Gasteiger partial charge in [-0.05, 0) is 32.6 Å². The van der Waals surface area contributed by atoms with Crippen LogP contribution in [0.5, 0.6) is 0 Å². The molecule has 0 N–H and O–H groups in total. The Kier molecular flexibility index (Phi) is 3.57. The average Bonchev–Trinajstić information content (AvgIpc) is 2.75. The molecule has 2 rings (SSSR count). The van der Waals surface area contributed by atoms with Crippen LogP contribution in [-0.4, -0.2) is 48.5 Å². The van der Waals surface area contributed by atoms with Gasteiger partial charge in [0.05, 0.1) is 0 Å². The van der Waals surface area contributed by atoms with Gasteiger partial charge in [0.1, 0.15) is 0 Å². The lowest BCUT2D eigenvalue weighted by atomic mass is 10.2. The van der Waals surface area contributed by atoms with Crippen molar-refractivity contribution in [2.24, 2.45) is 0 Å². The summed E-state index contributed by atoms with van der Waals surface area (Å²) in [7, 11) is 4.23. The maximum absolute atomic E-state index is 4.18. The minimum atomic E-state index is 1.09. The Bertz CT molecular complexity index is 357. The number of rotatable bonds is 4. The van der Waals surface area contributed by atoms with Gasteiger partial charge >= 0.3 is 0 Å². The van der Waals surface area contributed by atoms with Crippen LogP contribution in [0.4, 0.5) is 0 Å². The molecule has 0 aliphatic carbocycles. The van der Waals surface area contributed by atoms with Crippen molar-refractivity contribution in [3.05, 3.63) is 36.2 Å². The lowest BCUT2D eigenvalue weighted by molar-refractivity contribution is 0.330. The van der Waals surface area contributed by atoms with E-state index >= 15 is 0 Å². The molecular formula is C13H19N3. The molecule has 0 atom stereocenters. The first-order valence-electron chi connectivity index (χ1n) is 5.77. The van der Waals surface area contributed by atoms with Gasteiger partial charge in [0.2, 0.25) is 0 Å². The van der Waals surface area contributed by atoms with Gasteiger partial charge in [-0.25, -0.2) is 0 Å². The van der Waals surface area contributed by atoms with E-state index in [-0.39, 0.29) is 0 Å². The molecular weight excluding hydrogens is 198 g/mol. The Morgan fingerprint density at radius 3 is 3.00 bits per heavy atom. The molecule has 1 aliphatic heterocycles. The zero-order valence-corrected chi connectivity index (χ0v) is 10.1. The fourth-order valence-electron chi connectivity index (χ4n) is 1.97. The quantitative estimate of drug-likeness (QED) is 0.765. The monoisotopic (exact) mass is 217 g/mol. The third-order valence-electron chi connectivity index (χ3n) is 2.85. The van der Waals surface area contributed by atoms with Gasteiger partial charge in [-0.1, -0.05) is 6.08 Å². The Balaban J connectivity index is 2.04. The van der Waals surface area contributed by atoms with Crippen LogP contribution < -0.4 is 0 Å². The summed E-state index contributed by atoms with van der Waals surface area (Å²) in [5.41, 5.74) is 2.58. The van der Waals surface area contributed by atoms with E-state index in [4.69, 9.17) is 0 Å². The highest BCUT2D eigenvalue weighted by Crippen LogP contribution is 2.24. The molecule has 0 radical (unpaired) electrons. The molecule has 2 heterocycles. The second-order valence-electron chi connectivity index (χ2n) is 4.41. The van der Waals surface area contributed by atoms with Crippen molar-refractivity contribution < 1.29 is 0 Å². The predicted octanol–water partition coefficient (Wildman–Crippen LogP) is 1.69. The molecule has 0 aromatic carbocycles. The van der Waals surface area contributed by atoms with Crippen molar-refractivity contribution in [2.45, 2.75) is 6.42 Å². The minimum Gasteiger partial charge on any atom is -0.370 e. The summed E-state index contributed by atoms with van der Waals surface area (Å²) in [5, 5.41) is 0. The predicted molar refractivity (Wildman–Crippen MR) is 67.0 cm³/mol. The fourth-order valence-corrected chi connectivity index (χ4v) is 1.97. The largest absolute Gasteiger partial charge is 0.370 e. The molecule has 0 amide bonds. The zero-order valence-electron chi connectivity index (χ0n) is 10.1. The first kappa shape index (κ1) is 11.1. The lowest BCUT2D eigenvalue weighted by Crippen LogP contribution is -2.29. The van der Waals surface area contributed by atoms with Crippen molar-refractivity contribution >= 4 is 5.70 Å². The Hall–Kier alpha value is -1.35. The van der Waals surface area contributed by atoms with E-state index in [1.807, 2.05) is 18.5 Å². The molecule has 1 aromatic heterocycles. The van der Waals surface area contributed by atoms with Crippen molar-refractivity contribution in [3.8, 4) is 0 Å². The van der Waals surface area contributed by atoms with Crippen molar-refractivity contribution in [1.29, 1.82) is 0 Å². The molecule has 1 aromatic rings. The molecule has 16 heavy (non-hydrogen) atoms. The molecule has 0 saturated heterocycles. The maximum Gasteiger partial charge on any atom is 0.0416 e. The van der Waals surface area contributed by atoms with E-state index in [0.717, 1.165) is 26.1 Å². The highest BCUT2D eigenvalue weighted by Gasteiger charge is 2.16. The first-order chi connectivity index (χ1) is 7.77. The van der Waals surface area contributed by atoms with Crippen LogP contribution in [0.3, 0.4) is 0 Å². The van der Waals surface area contributed by atoms with E-state index < -0.39 is 0 Å². The van der Waals surface area contributed by atoms with E-state index in [0.29, 0.717) is 0 Å². The van der Waals surface area contributed by atoms with E-state index in [1.54, 1.807) is 0 Å². The topological polar surface area (TPSA) is 19.4 Å². The smallest absolute Gasteiger partial charge is 0.0416 e. The van der Waals surface area contributed by atoms with Gasteiger partial charge in [0, 0.05) is 43.3 Å². The number of hydrogen-bond acceptors (Lipinski definition) is 3. The SMILES string of the molecule is CN(C)CCN1CCC=C1c1cccnc1. The van der Waals surface area contributed by atoms with E-state index in [9.17, 15) is 0 Å². The molecule has 3 heteroatoms. The molecule has 0 bridgehead atoms. The second kappa shape index (κ2) is 5.12.